The third-order valence-corrected chi connectivity index (χ3v) is 4.42. The van der Waals surface area contributed by atoms with Gasteiger partial charge >= 0.3 is 0 Å². The lowest BCUT2D eigenvalue weighted by molar-refractivity contribution is -0.114. The highest BCUT2D eigenvalue weighted by Gasteiger charge is 2.34. The molecule has 0 unspecified atom stereocenters. The van der Waals surface area contributed by atoms with Gasteiger partial charge in [-0.1, -0.05) is 12.1 Å². The van der Waals surface area contributed by atoms with E-state index >= 15 is 0 Å². The fourth-order valence-corrected chi connectivity index (χ4v) is 3.07. The highest BCUT2D eigenvalue weighted by Crippen LogP contribution is 2.28. The number of likely N-dealkylation sites (tertiary alicyclic amines) is 1. The number of carbonyl (C=O) groups is 2. The zero-order chi connectivity index (χ0) is 17.4. The Balaban J connectivity index is 1.41. The molecule has 1 fully saturated rings. The van der Waals surface area contributed by atoms with Gasteiger partial charge < -0.3 is 15.2 Å². The van der Waals surface area contributed by atoms with Gasteiger partial charge in [0, 0.05) is 31.3 Å². The lowest BCUT2D eigenvalue weighted by atomic mass is 9.98. The number of para-hydroxylation sites is 2. The smallest absolute Gasteiger partial charge is 0.253 e. The Morgan fingerprint density at radius 1 is 1.12 bits per heavy atom. The van der Waals surface area contributed by atoms with E-state index < -0.39 is 0 Å². The van der Waals surface area contributed by atoms with Gasteiger partial charge in [0.15, 0.2) is 0 Å². The molecule has 1 saturated heterocycles. The Kier molecular flexibility index (Phi) is 3.72. The van der Waals surface area contributed by atoms with E-state index in [0.29, 0.717) is 24.3 Å². The van der Waals surface area contributed by atoms with Gasteiger partial charge in [0.05, 0.1) is 17.0 Å². The van der Waals surface area contributed by atoms with E-state index in [0.717, 1.165) is 16.9 Å². The number of benzene rings is 2. The van der Waals surface area contributed by atoms with E-state index in [9.17, 15) is 9.59 Å². The average Bonchev–Trinajstić information content (AvgIpc) is 2.97. The summed E-state index contributed by atoms with van der Waals surface area (Å²) in [5.41, 5.74) is 3.29. The number of aromatic amines is 1. The lowest BCUT2D eigenvalue weighted by Crippen LogP contribution is -2.48. The van der Waals surface area contributed by atoms with Crippen molar-refractivity contribution in [1.82, 2.24) is 14.9 Å². The van der Waals surface area contributed by atoms with Crippen molar-refractivity contribution < 1.29 is 9.59 Å². The number of carbonyl (C=O) groups excluding carboxylic acids is 2. The molecule has 1 aromatic heterocycles. The molecule has 1 aliphatic heterocycles. The van der Waals surface area contributed by atoms with Crippen LogP contribution in [0.5, 0.6) is 0 Å². The van der Waals surface area contributed by atoms with Crippen LogP contribution in [0.15, 0.2) is 48.5 Å². The van der Waals surface area contributed by atoms with E-state index in [-0.39, 0.29) is 17.7 Å². The predicted molar refractivity (Wildman–Crippen MR) is 95.5 cm³/mol. The minimum Gasteiger partial charge on any atom is -0.342 e. The molecule has 6 nitrogen and oxygen atoms in total. The first-order valence-electron chi connectivity index (χ1n) is 8.22. The third kappa shape index (κ3) is 2.98. The summed E-state index contributed by atoms with van der Waals surface area (Å²) in [6.07, 6.45) is 0. The minimum atomic E-state index is -0.129. The molecule has 4 rings (SSSR count). The molecule has 0 spiro atoms. The molecule has 2 amide bonds. The van der Waals surface area contributed by atoms with Crippen LogP contribution in [0.3, 0.4) is 0 Å². The molecular weight excluding hydrogens is 316 g/mol. The summed E-state index contributed by atoms with van der Waals surface area (Å²) in [4.78, 5) is 33.3. The van der Waals surface area contributed by atoms with E-state index in [1.807, 2.05) is 29.2 Å². The molecule has 1 aliphatic rings. The second kappa shape index (κ2) is 6.05. The van der Waals surface area contributed by atoms with Crippen LogP contribution in [0.4, 0.5) is 5.69 Å². The summed E-state index contributed by atoms with van der Waals surface area (Å²) in [6.45, 7) is 2.77. The number of aromatic nitrogens is 2. The summed E-state index contributed by atoms with van der Waals surface area (Å²) in [5.74, 6) is 1.05. The maximum absolute atomic E-state index is 12.5. The van der Waals surface area contributed by atoms with E-state index in [2.05, 4.69) is 15.3 Å². The van der Waals surface area contributed by atoms with E-state index in [4.69, 9.17) is 0 Å². The molecule has 0 atom stereocenters. The minimum absolute atomic E-state index is 0.00161. The second-order valence-electron chi connectivity index (χ2n) is 6.30. The van der Waals surface area contributed by atoms with Gasteiger partial charge in [-0.25, -0.2) is 4.98 Å². The molecule has 0 radical (unpaired) electrons. The SMILES string of the molecule is CC(=O)Nc1ccc(C(=O)N2CC(c3nc4ccccc4[nH]3)C2)cc1. The molecule has 2 aromatic carbocycles. The largest absolute Gasteiger partial charge is 0.342 e. The van der Waals surface area contributed by atoms with Crippen molar-refractivity contribution in [2.75, 3.05) is 18.4 Å². The van der Waals surface area contributed by atoms with Gasteiger partial charge in [0.25, 0.3) is 5.91 Å². The summed E-state index contributed by atoms with van der Waals surface area (Å²) in [7, 11) is 0. The Morgan fingerprint density at radius 2 is 1.84 bits per heavy atom. The Labute approximate surface area is 144 Å². The van der Waals surface area contributed by atoms with Crippen molar-refractivity contribution in [2.45, 2.75) is 12.8 Å². The molecule has 2 N–H and O–H groups in total. The summed E-state index contributed by atoms with van der Waals surface area (Å²) < 4.78 is 0. The normalized spacial score (nSPS) is 14.4. The van der Waals surface area contributed by atoms with Gasteiger partial charge in [0.1, 0.15) is 5.82 Å². The van der Waals surface area contributed by atoms with Crippen LogP contribution in [0.1, 0.15) is 29.0 Å². The maximum atomic E-state index is 12.5. The van der Waals surface area contributed by atoms with Crippen molar-refractivity contribution in [2.24, 2.45) is 0 Å². The number of rotatable bonds is 3. The quantitative estimate of drug-likeness (QED) is 0.773. The summed E-state index contributed by atoms with van der Waals surface area (Å²) in [5, 5.41) is 2.69. The number of hydrogen-bond acceptors (Lipinski definition) is 3. The number of fused-ring (bicyclic) bond motifs is 1. The Hall–Kier alpha value is -3.15. The van der Waals surface area contributed by atoms with Crippen molar-refractivity contribution in [3.8, 4) is 0 Å². The molecule has 0 saturated carbocycles. The summed E-state index contributed by atoms with van der Waals surface area (Å²) in [6, 6.07) is 14.9. The van der Waals surface area contributed by atoms with Crippen molar-refractivity contribution >= 4 is 28.5 Å². The molecule has 0 bridgehead atoms. The molecule has 0 aliphatic carbocycles. The van der Waals surface area contributed by atoms with Crippen LogP contribution < -0.4 is 5.32 Å². The van der Waals surface area contributed by atoms with E-state index in [1.165, 1.54) is 6.92 Å². The van der Waals surface area contributed by atoms with Crippen LogP contribution in [0, 0.1) is 0 Å². The second-order valence-corrected chi connectivity index (χ2v) is 6.30. The van der Waals surface area contributed by atoms with Crippen molar-refractivity contribution in [3.63, 3.8) is 0 Å². The first-order valence-corrected chi connectivity index (χ1v) is 8.22. The number of imidazole rings is 1. The highest BCUT2D eigenvalue weighted by atomic mass is 16.2. The van der Waals surface area contributed by atoms with Crippen LogP contribution in [-0.2, 0) is 4.79 Å². The molecule has 126 valence electrons. The number of anilines is 1. The summed E-state index contributed by atoms with van der Waals surface area (Å²) >= 11 is 0. The zero-order valence-electron chi connectivity index (χ0n) is 13.8. The lowest BCUT2D eigenvalue weighted by Gasteiger charge is -2.38. The molecule has 25 heavy (non-hydrogen) atoms. The number of H-pyrrole nitrogens is 1. The molecule has 6 heteroatoms. The number of hydrogen-bond donors (Lipinski definition) is 2. The molecule has 3 aromatic rings. The standard InChI is InChI=1S/C19H18N4O2/c1-12(24)20-15-8-6-13(7-9-15)19(25)23-10-14(11-23)18-21-16-4-2-3-5-17(16)22-18/h2-9,14H,10-11H2,1H3,(H,20,24)(H,21,22). The van der Waals surface area contributed by atoms with Crippen LogP contribution in [-0.4, -0.2) is 39.8 Å². The van der Waals surface area contributed by atoms with Gasteiger partial charge in [-0.05, 0) is 36.4 Å². The molecule has 2 heterocycles. The van der Waals surface area contributed by atoms with Gasteiger partial charge in [-0.3, -0.25) is 9.59 Å². The van der Waals surface area contributed by atoms with Gasteiger partial charge in [0.2, 0.25) is 5.91 Å². The van der Waals surface area contributed by atoms with Gasteiger partial charge in [-0.2, -0.15) is 0 Å². The topological polar surface area (TPSA) is 78.1 Å². The highest BCUT2D eigenvalue weighted by molar-refractivity contribution is 5.96. The average molecular weight is 334 g/mol. The fraction of sp³-hybridized carbons (Fsp3) is 0.211. The van der Waals surface area contributed by atoms with Crippen LogP contribution in [0.2, 0.25) is 0 Å². The Morgan fingerprint density at radius 3 is 2.52 bits per heavy atom. The van der Waals surface area contributed by atoms with Crippen molar-refractivity contribution in [1.29, 1.82) is 0 Å². The molecular formula is C19H18N4O2. The van der Waals surface area contributed by atoms with Crippen molar-refractivity contribution in [3.05, 3.63) is 59.9 Å². The first kappa shape index (κ1) is 15.4. The fourth-order valence-electron chi connectivity index (χ4n) is 3.07. The van der Waals surface area contributed by atoms with Gasteiger partial charge in [-0.15, -0.1) is 0 Å². The zero-order valence-corrected chi connectivity index (χ0v) is 13.8. The third-order valence-electron chi connectivity index (χ3n) is 4.42. The van der Waals surface area contributed by atoms with Crippen LogP contribution >= 0.6 is 0 Å². The number of nitrogens with one attached hydrogen (secondary N) is 2. The van der Waals surface area contributed by atoms with Crippen LogP contribution in [0.25, 0.3) is 11.0 Å². The number of nitrogens with zero attached hydrogens (tertiary/aromatic N) is 2. The predicted octanol–water partition coefficient (Wildman–Crippen LogP) is 2.76. The van der Waals surface area contributed by atoms with E-state index in [1.54, 1.807) is 24.3 Å². The monoisotopic (exact) mass is 334 g/mol. The first-order chi connectivity index (χ1) is 12.1. The maximum Gasteiger partial charge on any atom is 0.253 e. The number of amides is 2. The Bertz CT molecular complexity index is 906.